The summed E-state index contributed by atoms with van der Waals surface area (Å²) in [5, 5.41) is 25.2. The lowest BCUT2D eigenvalue weighted by atomic mass is 9.74. The summed E-state index contributed by atoms with van der Waals surface area (Å²) in [5.41, 5.74) is 0.128. The van der Waals surface area contributed by atoms with Crippen LogP contribution in [0.3, 0.4) is 0 Å². The van der Waals surface area contributed by atoms with Gasteiger partial charge in [0, 0.05) is 16.9 Å². The summed E-state index contributed by atoms with van der Waals surface area (Å²) in [6.45, 7) is 0. The van der Waals surface area contributed by atoms with Gasteiger partial charge < -0.3 is 5.32 Å². The maximum atomic E-state index is 13.5. The Kier molecular flexibility index (Phi) is 4.54. The van der Waals surface area contributed by atoms with Gasteiger partial charge in [-0.15, -0.1) is 11.3 Å². The summed E-state index contributed by atoms with van der Waals surface area (Å²) >= 11 is 7.56. The van der Waals surface area contributed by atoms with Crippen LogP contribution in [-0.4, -0.2) is 10.9 Å². The third-order valence-electron chi connectivity index (χ3n) is 7.20. The quantitative estimate of drug-likeness (QED) is 0.417. The first-order chi connectivity index (χ1) is 16.6. The second-order valence-electron chi connectivity index (χ2n) is 8.76. The zero-order valence-electron chi connectivity index (χ0n) is 17.8. The van der Waals surface area contributed by atoms with E-state index in [-0.39, 0.29) is 11.8 Å². The average Bonchev–Trinajstić information content (AvgIpc) is 3.25. The van der Waals surface area contributed by atoms with Crippen LogP contribution < -0.4 is 5.32 Å². The molecule has 5 nitrogen and oxygen atoms in total. The van der Waals surface area contributed by atoms with Gasteiger partial charge in [-0.3, -0.25) is 4.79 Å². The number of hydrogen-bond donors (Lipinski definition) is 1. The Morgan fingerprint density at radius 1 is 1.00 bits per heavy atom. The fraction of sp³-hybridized carbons (Fsp3) is 0.185. The number of carbonyl (C=O) groups is 1. The van der Waals surface area contributed by atoms with Crippen LogP contribution in [0.1, 0.15) is 28.0 Å². The Labute approximate surface area is 205 Å². The Morgan fingerprint density at radius 2 is 1.71 bits per heavy atom. The van der Waals surface area contributed by atoms with Crippen molar-refractivity contribution in [3.8, 4) is 12.1 Å². The molecule has 5 atom stereocenters. The van der Waals surface area contributed by atoms with Gasteiger partial charge in [-0.05, 0) is 35.4 Å². The van der Waals surface area contributed by atoms with Gasteiger partial charge in [0.25, 0.3) is 0 Å². The van der Waals surface area contributed by atoms with E-state index < -0.39 is 22.8 Å². The van der Waals surface area contributed by atoms with Crippen molar-refractivity contribution in [1.82, 2.24) is 10.3 Å². The normalized spacial score (nSPS) is 27.9. The predicted molar refractivity (Wildman–Crippen MR) is 130 cm³/mol. The number of nitrogens with one attached hydrogen (secondary N) is 1. The van der Waals surface area contributed by atoms with Crippen LogP contribution in [0.2, 0.25) is 5.02 Å². The summed E-state index contributed by atoms with van der Waals surface area (Å²) in [5.74, 6) is -1.90. The standard InChI is InChI=1S/C27H17ClN4OS/c28-18-12-10-16(11-13-18)22-23-26(22,15-30)25(33)32-27(23,17-6-2-1-3-7-17)19(14-29)24-31-20-8-4-5-9-21(20)34-24/h1-13,19,22-23H,(H,32,33)/t19?,22-,23+,26+,27?/m1/s1. The summed E-state index contributed by atoms with van der Waals surface area (Å²) < 4.78 is 0.974. The molecular weight excluding hydrogens is 464 g/mol. The molecule has 0 bridgehead atoms. The van der Waals surface area contributed by atoms with Crippen LogP contribution in [0.4, 0.5) is 0 Å². The molecule has 1 aliphatic carbocycles. The molecule has 6 rings (SSSR count). The second kappa shape index (κ2) is 7.40. The van der Waals surface area contributed by atoms with E-state index >= 15 is 0 Å². The molecule has 2 aliphatic rings. The number of halogens is 1. The molecule has 7 heteroatoms. The van der Waals surface area contributed by atoms with E-state index in [1.165, 1.54) is 11.3 Å². The topological polar surface area (TPSA) is 89.6 Å². The molecule has 4 aromatic rings. The van der Waals surface area contributed by atoms with E-state index in [1.54, 1.807) is 12.1 Å². The highest BCUT2D eigenvalue weighted by molar-refractivity contribution is 7.18. The molecule has 1 aliphatic heterocycles. The Morgan fingerprint density at radius 3 is 2.38 bits per heavy atom. The fourth-order valence-corrected chi connectivity index (χ4v) is 6.94. The van der Waals surface area contributed by atoms with Crippen molar-refractivity contribution in [1.29, 1.82) is 10.5 Å². The Balaban J connectivity index is 1.58. The van der Waals surface area contributed by atoms with Gasteiger partial charge in [-0.25, -0.2) is 4.98 Å². The van der Waals surface area contributed by atoms with Crippen molar-refractivity contribution in [2.45, 2.75) is 17.4 Å². The third kappa shape index (κ3) is 2.64. The third-order valence-corrected chi connectivity index (χ3v) is 8.55. The number of nitriles is 2. The fourth-order valence-electron chi connectivity index (χ4n) is 5.73. The van der Waals surface area contributed by atoms with Crippen LogP contribution in [0.25, 0.3) is 10.2 Å². The van der Waals surface area contributed by atoms with E-state index in [0.29, 0.717) is 10.0 Å². The number of piperidine rings is 1. The molecule has 2 heterocycles. The van der Waals surface area contributed by atoms with Crippen LogP contribution in [-0.2, 0) is 10.3 Å². The Bertz CT molecular complexity index is 1490. The summed E-state index contributed by atoms with van der Waals surface area (Å²) in [6.07, 6.45) is 0. The summed E-state index contributed by atoms with van der Waals surface area (Å²) in [4.78, 5) is 18.3. The highest BCUT2D eigenvalue weighted by atomic mass is 35.5. The smallest absolute Gasteiger partial charge is 0.242 e. The molecule has 0 spiro atoms. The lowest BCUT2D eigenvalue weighted by Gasteiger charge is -2.36. The van der Waals surface area contributed by atoms with E-state index in [9.17, 15) is 15.3 Å². The van der Waals surface area contributed by atoms with Gasteiger partial charge in [0.2, 0.25) is 5.91 Å². The summed E-state index contributed by atoms with van der Waals surface area (Å²) in [7, 11) is 0. The molecule has 1 saturated heterocycles. The van der Waals surface area contributed by atoms with Crippen LogP contribution in [0.5, 0.6) is 0 Å². The van der Waals surface area contributed by atoms with Crippen molar-refractivity contribution in [2.24, 2.45) is 11.3 Å². The highest BCUT2D eigenvalue weighted by Crippen LogP contribution is 2.76. The van der Waals surface area contributed by atoms with Crippen LogP contribution in [0.15, 0.2) is 78.9 Å². The molecule has 1 N–H and O–H groups in total. The van der Waals surface area contributed by atoms with Gasteiger partial charge in [0.1, 0.15) is 16.3 Å². The number of para-hydroxylation sites is 1. The molecule has 34 heavy (non-hydrogen) atoms. The van der Waals surface area contributed by atoms with Gasteiger partial charge in [0.15, 0.2) is 0 Å². The minimum atomic E-state index is -1.25. The first kappa shape index (κ1) is 20.9. The molecular formula is C27H17ClN4OS. The largest absolute Gasteiger partial charge is 0.343 e. The van der Waals surface area contributed by atoms with E-state index in [1.807, 2.05) is 66.7 Å². The molecule has 0 radical (unpaired) electrons. The molecule has 1 aromatic heterocycles. The number of benzene rings is 3. The minimum absolute atomic E-state index is 0.342. The number of aromatic nitrogens is 1. The zero-order chi connectivity index (χ0) is 23.5. The number of carbonyl (C=O) groups excluding carboxylic acids is 1. The first-order valence-corrected chi connectivity index (χ1v) is 12.1. The van der Waals surface area contributed by atoms with Gasteiger partial charge in [0.05, 0.1) is 27.9 Å². The van der Waals surface area contributed by atoms with E-state index in [0.717, 1.165) is 21.3 Å². The maximum Gasteiger partial charge on any atom is 0.242 e. The summed E-state index contributed by atoms with van der Waals surface area (Å²) in [6, 6.07) is 29.3. The first-order valence-electron chi connectivity index (χ1n) is 10.9. The van der Waals surface area contributed by atoms with E-state index in [4.69, 9.17) is 16.6 Å². The molecule has 1 amide bonds. The average molecular weight is 481 g/mol. The maximum absolute atomic E-state index is 13.5. The molecule has 1 saturated carbocycles. The SMILES string of the molecule is N#CC(c1nc2ccccc2s1)C1(c2ccccc2)NC(=O)[C@@]2(C#N)[C@H](c3ccc(Cl)cc3)[C@H]12. The monoisotopic (exact) mass is 480 g/mol. The van der Waals surface area contributed by atoms with Gasteiger partial charge in [-0.1, -0.05) is 66.2 Å². The van der Waals surface area contributed by atoms with Crippen molar-refractivity contribution in [2.75, 3.05) is 0 Å². The highest BCUT2D eigenvalue weighted by Gasteiger charge is 2.84. The molecule has 3 aromatic carbocycles. The van der Waals surface area contributed by atoms with Crippen LogP contribution in [0, 0.1) is 34.0 Å². The predicted octanol–water partition coefficient (Wildman–Crippen LogP) is 5.51. The molecule has 164 valence electrons. The van der Waals surface area contributed by atoms with E-state index in [2.05, 4.69) is 17.5 Å². The zero-order valence-corrected chi connectivity index (χ0v) is 19.3. The van der Waals surface area contributed by atoms with Crippen molar-refractivity contribution in [3.05, 3.63) is 100 Å². The Hall–Kier alpha value is -3.71. The number of nitrogens with zero attached hydrogens (tertiary/aromatic N) is 3. The molecule has 2 fully saturated rings. The van der Waals surface area contributed by atoms with Crippen molar-refractivity contribution in [3.63, 3.8) is 0 Å². The number of hydrogen-bond acceptors (Lipinski definition) is 5. The molecule has 2 unspecified atom stereocenters. The minimum Gasteiger partial charge on any atom is -0.343 e. The van der Waals surface area contributed by atoms with Gasteiger partial charge in [-0.2, -0.15) is 10.5 Å². The lowest BCUT2D eigenvalue weighted by Crippen LogP contribution is -2.48. The number of rotatable bonds is 4. The lowest BCUT2D eigenvalue weighted by molar-refractivity contribution is -0.124. The van der Waals surface area contributed by atoms with Crippen LogP contribution >= 0.6 is 22.9 Å². The van der Waals surface area contributed by atoms with Gasteiger partial charge >= 0.3 is 0 Å². The number of amides is 1. The number of thiazole rings is 1. The van der Waals surface area contributed by atoms with Crippen molar-refractivity contribution < 1.29 is 4.79 Å². The second-order valence-corrected chi connectivity index (χ2v) is 10.3. The number of fused-ring (bicyclic) bond motifs is 2. The van der Waals surface area contributed by atoms with Crippen molar-refractivity contribution >= 4 is 39.1 Å².